The Kier molecular flexibility index (Phi) is 5.41. The van der Waals surface area contributed by atoms with Gasteiger partial charge in [0.15, 0.2) is 0 Å². The Morgan fingerprint density at radius 3 is 2.82 bits per heavy atom. The van der Waals surface area contributed by atoms with Gasteiger partial charge in [-0.3, -0.25) is 4.79 Å². The van der Waals surface area contributed by atoms with Crippen molar-refractivity contribution in [3.8, 4) is 5.75 Å². The van der Waals surface area contributed by atoms with Gasteiger partial charge in [-0.1, -0.05) is 6.08 Å². The summed E-state index contributed by atoms with van der Waals surface area (Å²) in [6.45, 7) is 6.93. The van der Waals surface area contributed by atoms with E-state index >= 15 is 0 Å². The van der Waals surface area contributed by atoms with Crippen molar-refractivity contribution in [1.82, 2.24) is 10.6 Å². The zero-order valence-electron chi connectivity index (χ0n) is 12.7. The third-order valence-electron chi connectivity index (χ3n) is 3.33. The molecule has 1 aliphatic heterocycles. The molecular weight excluding hydrogens is 282 g/mol. The maximum Gasteiger partial charge on any atom is 0.315 e. The lowest BCUT2D eigenvalue weighted by Crippen LogP contribution is -2.43. The van der Waals surface area contributed by atoms with E-state index in [-0.39, 0.29) is 18.0 Å². The van der Waals surface area contributed by atoms with Crippen molar-refractivity contribution in [2.45, 2.75) is 19.4 Å². The average Bonchev–Trinajstić information content (AvgIpc) is 2.87. The fourth-order valence-corrected chi connectivity index (χ4v) is 2.34. The third-order valence-corrected chi connectivity index (χ3v) is 3.33. The summed E-state index contributed by atoms with van der Waals surface area (Å²) in [5, 5.41) is 5.43. The Hall–Kier alpha value is -2.50. The number of benzene rings is 1. The fourth-order valence-electron chi connectivity index (χ4n) is 2.34. The quantitative estimate of drug-likeness (QED) is 0.785. The predicted molar refractivity (Wildman–Crippen MR) is 85.1 cm³/mol. The molecule has 0 saturated carbocycles. The number of carbonyl (C=O) groups is 2. The van der Waals surface area contributed by atoms with E-state index in [0.717, 1.165) is 11.4 Å². The number of hydrogen-bond acceptors (Lipinski definition) is 3. The monoisotopic (exact) mass is 303 g/mol. The summed E-state index contributed by atoms with van der Waals surface area (Å²) in [4.78, 5) is 25.4. The van der Waals surface area contributed by atoms with Gasteiger partial charge >= 0.3 is 6.03 Å². The highest BCUT2D eigenvalue weighted by molar-refractivity contribution is 5.96. The van der Waals surface area contributed by atoms with Crippen molar-refractivity contribution < 1.29 is 14.3 Å². The first-order valence-corrected chi connectivity index (χ1v) is 7.32. The predicted octanol–water partition coefficient (Wildman–Crippen LogP) is 1.68. The van der Waals surface area contributed by atoms with E-state index in [9.17, 15) is 9.59 Å². The number of hydrogen-bond donors (Lipinski definition) is 2. The van der Waals surface area contributed by atoms with Gasteiger partial charge in [0, 0.05) is 25.2 Å². The van der Waals surface area contributed by atoms with Crippen LogP contribution >= 0.6 is 0 Å². The van der Waals surface area contributed by atoms with Gasteiger partial charge in [0.1, 0.15) is 5.75 Å². The fraction of sp³-hybridized carbons (Fsp3) is 0.375. The molecule has 0 aliphatic carbocycles. The Morgan fingerprint density at radius 2 is 2.18 bits per heavy atom. The second-order valence-electron chi connectivity index (χ2n) is 4.98. The van der Waals surface area contributed by atoms with Crippen LogP contribution in [0.2, 0.25) is 0 Å². The minimum absolute atomic E-state index is 0.00168. The molecule has 1 aromatic rings. The number of urea groups is 1. The molecule has 0 bridgehead atoms. The van der Waals surface area contributed by atoms with Crippen molar-refractivity contribution in [3.05, 3.63) is 36.9 Å². The van der Waals surface area contributed by atoms with E-state index in [4.69, 9.17) is 4.74 Å². The summed E-state index contributed by atoms with van der Waals surface area (Å²) in [5.74, 6) is 0.773. The lowest BCUT2D eigenvalue weighted by atomic mass is 10.2. The summed E-state index contributed by atoms with van der Waals surface area (Å²) in [7, 11) is 0. The molecule has 2 N–H and O–H groups in total. The largest absolute Gasteiger partial charge is 0.494 e. The molecule has 6 nitrogen and oxygen atoms in total. The van der Waals surface area contributed by atoms with Crippen LogP contribution in [0.5, 0.6) is 5.75 Å². The summed E-state index contributed by atoms with van der Waals surface area (Å²) >= 11 is 0. The van der Waals surface area contributed by atoms with Crippen molar-refractivity contribution in [3.63, 3.8) is 0 Å². The van der Waals surface area contributed by atoms with Crippen molar-refractivity contribution >= 4 is 17.6 Å². The van der Waals surface area contributed by atoms with Crippen LogP contribution in [-0.4, -0.2) is 37.7 Å². The van der Waals surface area contributed by atoms with Crippen molar-refractivity contribution in [2.24, 2.45) is 0 Å². The topological polar surface area (TPSA) is 70.7 Å². The number of amides is 3. The van der Waals surface area contributed by atoms with Gasteiger partial charge in [0.05, 0.1) is 12.6 Å². The van der Waals surface area contributed by atoms with E-state index in [1.807, 2.05) is 31.2 Å². The molecule has 0 spiro atoms. The third kappa shape index (κ3) is 4.00. The van der Waals surface area contributed by atoms with Crippen molar-refractivity contribution in [1.29, 1.82) is 0 Å². The van der Waals surface area contributed by atoms with Crippen LogP contribution in [0, 0.1) is 0 Å². The summed E-state index contributed by atoms with van der Waals surface area (Å²) in [6, 6.07) is 6.90. The highest BCUT2D eigenvalue weighted by Gasteiger charge is 2.31. The Bertz CT molecular complexity index is 542. The molecule has 1 aliphatic rings. The van der Waals surface area contributed by atoms with Gasteiger partial charge in [-0.15, -0.1) is 6.58 Å². The molecule has 6 heteroatoms. The van der Waals surface area contributed by atoms with Gasteiger partial charge in [-0.2, -0.15) is 0 Å². The SMILES string of the molecule is C=CCNC(=O)NC1CC(=O)N(c2ccc(OCC)cc2)C1. The normalized spacial score (nSPS) is 17.2. The number of nitrogens with one attached hydrogen (secondary N) is 2. The van der Waals surface area contributed by atoms with Gasteiger partial charge in [0.25, 0.3) is 0 Å². The van der Waals surface area contributed by atoms with E-state index in [1.165, 1.54) is 0 Å². The van der Waals surface area contributed by atoms with Gasteiger partial charge in [0.2, 0.25) is 5.91 Å². The smallest absolute Gasteiger partial charge is 0.315 e. The maximum absolute atomic E-state index is 12.1. The minimum Gasteiger partial charge on any atom is -0.494 e. The Morgan fingerprint density at radius 1 is 1.45 bits per heavy atom. The number of anilines is 1. The molecule has 1 unspecified atom stereocenters. The van der Waals surface area contributed by atoms with Crippen LogP contribution in [0.1, 0.15) is 13.3 Å². The molecule has 0 aromatic heterocycles. The van der Waals surface area contributed by atoms with Crippen LogP contribution in [0.4, 0.5) is 10.5 Å². The summed E-state index contributed by atoms with van der Waals surface area (Å²) in [5.41, 5.74) is 0.809. The first kappa shape index (κ1) is 15.9. The van der Waals surface area contributed by atoms with Gasteiger partial charge < -0.3 is 20.3 Å². The molecule has 1 saturated heterocycles. The van der Waals surface area contributed by atoms with Crippen LogP contribution in [0.25, 0.3) is 0 Å². The first-order chi connectivity index (χ1) is 10.6. The first-order valence-electron chi connectivity index (χ1n) is 7.32. The molecule has 22 heavy (non-hydrogen) atoms. The number of carbonyl (C=O) groups excluding carboxylic acids is 2. The van der Waals surface area contributed by atoms with E-state index in [2.05, 4.69) is 17.2 Å². The molecule has 1 aromatic carbocycles. The molecule has 3 amide bonds. The lowest BCUT2D eigenvalue weighted by Gasteiger charge is -2.17. The zero-order chi connectivity index (χ0) is 15.9. The van der Waals surface area contributed by atoms with Gasteiger partial charge in [-0.05, 0) is 31.2 Å². The Balaban J connectivity index is 1.94. The number of ether oxygens (including phenoxy) is 1. The lowest BCUT2D eigenvalue weighted by molar-refractivity contribution is -0.117. The maximum atomic E-state index is 12.1. The van der Waals surface area contributed by atoms with Crippen LogP contribution < -0.4 is 20.3 Å². The van der Waals surface area contributed by atoms with Gasteiger partial charge in [-0.25, -0.2) is 4.79 Å². The minimum atomic E-state index is -0.286. The van der Waals surface area contributed by atoms with E-state index in [1.54, 1.807) is 11.0 Å². The van der Waals surface area contributed by atoms with E-state index < -0.39 is 0 Å². The second kappa shape index (κ2) is 7.49. The van der Waals surface area contributed by atoms with E-state index in [0.29, 0.717) is 26.1 Å². The number of nitrogens with zero attached hydrogens (tertiary/aromatic N) is 1. The molecule has 1 fully saturated rings. The average molecular weight is 303 g/mol. The summed E-state index contributed by atoms with van der Waals surface area (Å²) in [6.07, 6.45) is 1.90. The zero-order valence-corrected chi connectivity index (χ0v) is 12.7. The van der Waals surface area contributed by atoms with Crippen LogP contribution in [0.15, 0.2) is 36.9 Å². The second-order valence-corrected chi connectivity index (χ2v) is 4.98. The van der Waals surface area contributed by atoms with Crippen LogP contribution in [-0.2, 0) is 4.79 Å². The highest BCUT2D eigenvalue weighted by Crippen LogP contribution is 2.24. The number of rotatable bonds is 6. The summed E-state index contributed by atoms with van der Waals surface area (Å²) < 4.78 is 5.38. The Labute approximate surface area is 130 Å². The highest BCUT2D eigenvalue weighted by atomic mass is 16.5. The van der Waals surface area contributed by atoms with Crippen molar-refractivity contribution in [2.75, 3.05) is 24.6 Å². The standard InChI is InChI=1S/C16H21N3O3/c1-3-9-17-16(21)18-12-10-15(20)19(11-12)13-5-7-14(8-6-13)22-4-2/h3,5-8,12H,1,4,9-11H2,2H3,(H2,17,18,21). The molecule has 0 radical (unpaired) electrons. The molecule has 1 heterocycles. The molecule has 1 atom stereocenters. The molecule has 118 valence electrons. The molecular formula is C16H21N3O3. The molecule has 2 rings (SSSR count). The van der Waals surface area contributed by atoms with Crippen LogP contribution in [0.3, 0.4) is 0 Å².